The third-order valence-corrected chi connectivity index (χ3v) is 5.83. The van der Waals surface area contributed by atoms with Crippen molar-refractivity contribution in [3.05, 3.63) is 37.0 Å². The Hall–Kier alpha value is -1.64. The highest BCUT2D eigenvalue weighted by atomic mass is 16.4. The highest BCUT2D eigenvalue weighted by molar-refractivity contribution is 5.88. The second-order valence-corrected chi connectivity index (χ2v) is 7.93. The lowest BCUT2D eigenvalue weighted by molar-refractivity contribution is -0.117. The van der Waals surface area contributed by atoms with Crippen LogP contribution < -0.4 is 0 Å². The zero-order valence-electron chi connectivity index (χ0n) is 19.3. The molecule has 1 fully saturated rings. The van der Waals surface area contributed by atoms with Crippen molar-refractivity contribution in [2.75, 3.05) is 0 Å². The standard InChI is InChI=1S/C24H39NO2.C2H6/c1-4-13-21(5-2)15-10-8-12-17-23-22(18-19-24(23)25-27)16-11-7-6-9-14-20(3)26;1-2/h4-5,13,22-23,27H,1-2,6-12,14-19H2,3H3;1-2H3/b21-13+,25-24-;/t22-,23+;/m0./s1. The van der Waals surface area contributed by atoms with Gasteiger partial charge in [-0.05, 0) is 63.4 Å². The van der Waals surface area contributed by atoms with E-state index < -0.39 is 0 Å². The Labute approximate surface area is 180 Å². The van der Waals surface area contributed by atoms with E-state index in [1.54, 1.807) is 6.92 Å². The lowest BCUT2D eigenvalue weighted by Gasteiger charge is -2.19. The van der Waals surface area contributed by atoms with E-state index in [1.807, 2.05) is 32.1 Å². The first-order chi connectivity index (χ1) is 14.1. The Morgan fingerprint density at radius 3 is 2.28 bits per heavy atom. The normalized spacial score (nSPS) is 20.2. The van der Waals surface area contributed by atoms with E-state index in [0.717, 1.165) is 44.2 Å². The molecule has 0 aliphatic heterocycles. The fourth-order valence-corrected chi connectivity index (χ4v) is 4.27. The minimum absolute atomic E-state index is 0.301. The second kappa shape index (κ2) is 18.4. The van der Waals surface area contributed by atoms with E-state index in [4.69, 9.17) is 0 Å². The quantitative estimate of drug-likeness (QED) is 0.130. The SMILES string of the molecule is C=C/C=C(\C=C)CCCCC[C@H]1/C(=N\O)CC[C@@H]1CCCCCCC(C)=O.CC. The summed E-state index contributed by atoms with van der Waals surface area (Å²) >= 11 is 0. The summed E-state index contributed by atoms with van der Waals surface area (Å²) in [6, 6.07) is 0. The number of allylic oxidation sites excluding steroid dienone is 4. The van der Waals surface area contributed by atoms with Crippen LogP contribution in [0.15, 0.2) is 42.1 Å². The van der Waals surface area contributed by atoms with Gasteiger partial charge in [0.05, 0.1) is 5.71 Å². The van der Waals surface area contributed by atoms with Gasteiger partial charge in [-0.15, -0.1) is 0 Å². The van der Waals surface area contributed by atoms with E-state index in [2.05, 4.69) is 18.3 Å². The molecule has 0 amide bonds. The number of nitrogens with zero attached hydrogens (tertiary/aromatic N) is 1. The Kier molecular flexibility index (Phi) is 17.4. The summed E-state index contributed by atoms with van der Waals surface area (Å²) in [5.74, 6) is 1.44. The van der Waals surface area contributed by atoms with E-state index in [9.17, 15) is 10.0 Å². The van der Waals surface area contributed by atoms with Crippen molar-refractivity contribution >= 4 is 11.5 Å². The summed E-state index contributed by atoms with van der Waals surface area (Å²) in [4.78, 5) is 11.0. The molecule has 1 N–H and O–H groups in total. The molecule has 0 radical (unpaired) electrons. The van der Waals surface area contributed by atoms with Gasteiger partial charge in [-0.25, -0.2) is 0 Å². The molecule has 3 heteroatoms. The Morgan fingerprint density at radius 1 is 1.03 bits per heavy atom. The molecule has 0 unspecified atom stereocenters. The maximum absolute atomic E-state index is 11.0. The van der Waals surface area contributed by atoms with E-state index in [0.29, 0.717) is 17.6 Å². The van der Waals surface area contributed by atoms with Crippen LogP contribution in [0.1, 0.15) is 104 Å². The predicted octanol–water partition coefficient (Wildman–Crippen LogP) is 8.05. The molecule has 2 atom stereocenters. The Bertz CT molecular complexity index is 519. The van der Waals surface area contributed by atoms with Gasteiger partial charge in [-0.2, -0.15) is 0 Å². The van der Waals surface area contributed by atoms with Crippen molar-refractivity contribution in [1.29, 1.82) is 0 Å². The maximum atomic E-state index is 11.0. The molecule has 3 nitrogen and oxygen atoms in total. The molecule has 1 aliphatic rings. The molecule has 0 aromatic heterocycles. The maximum Gasteiger partial charge on any atom is 0.129 e. The summed E-state index contributed by atoms with van der Waals surface area (Å²) in [7, 11) is 0. The Balaban J connectivity index is 0.00000379. The monoisotopic (exact) mass is 403 g/mol. The van der Waals surface area contributed by atoms with Crippen LogP contribution in [0.2, 0.25) is 0 Å². The second-order valence-electron chi connectivity index (χ2n) is 7.93. The van der Waals surface area contributed by atoms with Crippen molar-refractivity contribution in [1.82, 2.24) is 0 Å². The van der Waals surface area contributed by atoms with Crippen molar-refractivity contribution in [2.45, 2.75) is 104 Å². The first kappa shape index (κ1) is 27.4. The molecule has 0 aromatic rings. The molecule has 0 saturated heterocycles. The lowest BCUT2D eigenvalue weighted by atomic mass is 9.86. The number of Topliss-reactive ketones (excluding diaryl/α,β-unsaturated/α-hetero) is 1. The third kappa shape index (κ3) is 12.5. The minimum atomic E-state index is 0.301. The average molecular weight is 404 g/mol. The zero-order chi connectivity index (χ0) is 21.9. The first-order valence-corrected chi connectivity index (χ1v) is 11.8. The van der Waals surface area contributed by atoms with Gasteiger partial charge in [-0.1, -0.05) is 82.5 Å². The Morgan fingerprint density at radius 2 is 1.66 bits per heavy atom. The predicted molar refractivity (Wildman–Crippen MR) is 127 cm³/mol. The number of carbonyl (C=O) groups excluding carboxylic acids is 1. The molecule has 1 aliphatic carbocycles. The first-order valence-electron chi connectivity index (χ1n) is 11.8. The summed E-state index contributed by atoms with van der Waals surface area (Å²) < 4.78 is 0. The van der Waals surface area contributed by atoms with Crippen LogP contribution in [-0.4, -0.2) is 16.7 Å². The molecular formula is C26H45NO2. The van der Waals surface area contributed by atoms with Gasteiger partial charge in [0.15, 0.2) is 0 Å². The fourth-order valence-electron chi connectivity index (χ4n) is 4.27. The summed E-state index contributed by atoms with van der Waals surface area (Å²) in [5.41, 5.74) is 2.28. The summed E-state index contributed by atoms with van der Waals surface area (Å²) in [5, 5.41) is 12.9. The van der Waals surface area contributed by atoms with Gasteiger partial charge in [-0.3, -0.25) is 0 Å². The topological polar surface area (TPSA) is 49.7 Å². The van der Waals surface area contributed by atoms with Crippen molar-refractivity contribution < 1.29 is 10.0 Å². The number of hydrogen-bond donors (Lipinski definition) is 1. The van der Waals surface area contributed by atoms with Crippen molar-refractivity contribution in [2.24, 2.45) is 17.0 Å². The summed E-state index contributed by atoms with van der Waals surface area (Å²) in [6.07, 6.45) is 20.2. The van der Waals surface area contributed by atoms with Crippen molar-refractivity contribution in [3.63, 3.8) is 0 Å². The van der Waals surface area contributed by atoms with E-state index in [1.165, 1.54) is 50.5 Å². The van der Waals surface area contributed by atoms with Crippen LogP contribution in [0.4, 0.5) is 0 Å². The molecule has 0 bridgehead atoms. The number of carbonyl (C=O) groups is 1. The smallest absolute Gasteiger partial charge is 0.129 e. The number of oxime groups is 1. The fraction of sp³-hybridized carbons (Fsp3) is 0.692. The highest BCUT2D eigenvalue weighted by Crippen LogP contribution is 2.37. The van der Waals surface area contributed by atoms with Crippen LogP contribution in [0.25, 0.3) is 0 Å². The largest absolute Gasteiger partial charge is 0.411 e. The van der Waals surface area contributed by atoms with Gasteiger partial charge in [0.2, 0.25) is 0 Å². The average Bonchev–Trinajstić information content (AvgIpc) is 3.12. The third-order valence-electron chi connectivity index (χ3n) is 5.83. The van der Waals surface area contributed by atoms with Crippen molar-refractivity contribution in [3.8, 4) is 0 Å². The molecule has 166 valence electrons. The molecule has 0 aromatic carbocycles. The highest BCUT2D eigenvalue weighted by Gasteiger charge is 2.32. The molecule has 1 saturated carbocycles. The minimum Gasteiger partial charge on any atom is -0.411 e. The van der Waals surface area contributed by atoms with Crippen LogP contribution in [0, 0.1) is 11.8 Å². The van der Waals surface area contributed by atoms with Gasteiger partial charge in [0.1, 0.15) is 5.78 Å². The van der Waals surface area contributed by atoms with Crippen LogP contribution in [0.5, 0.6) is 0 Å². The molecule has 0 heterocycles. The number of hydrogen-bond acceptors (Lipinski definition) is 3. The van der Waals surface area contributed by atoms with Gasteiger partial charge in [0.25, 0.3) is 0 Å². The molecule has 1 rings (SSSR count). The van der Waals surface area contributed by atoms with E-state index in [-0.39, 0.29) is 0 Å². The van der Waals surface area contributed by atoms with Gasteiger partial charge in [0, 0.05) is 12.3 Å². The van der Waals surface area contributed by atoms with Gasteiger partial charge >= 0.3 is 0 Å². The molecular weight excluding hydrogens is 358 g/mol. The van der Waals surface area contributed by atoms with Gasteiger partial charge < -0.3 is 10.0 Å². The van der Waals surface area contributed by atoms with Crippen LogP contribution in [-0.2, 0) is 4.79 Å². The molecule has 0 spiro atoms. The zero-order valence-corrected chi connectivity index (χ0v) is 19.3. The number of unbranched alkanes of at least 4 members (excludes halogenated alkanes) is 5. The summed E-state index contributed by atoms with van der Waals surface area (Å²) in [6.45, 7) is 13.3. The lowest BCUT2D eigenvalue weighted by Crippen LogP contribution is -2.15. The van der Waals surface area contributed by atoms with Crippen LogP contribution >= 0.6 is 0 Å². The number of rotatable bonds is 15. The molecule has 29 heavy (non-hydrogen) atoms. The van der Waals surface area contributed by atoms with E-state index >= 15 is 0 Å². The number of ketones is 1. The van der Waals surface area contributed by atoms with Crippen LogP contribution in [0.3, 0.4) is 0 Å².